The van der Waals surface area contributed by atoms with E-state index in [2.05, 4.69) is 14.9 Å². The number of hydrogen-bond donors (Lipinski definition) is 0. The number of carbonyl (C=O) groups excluding carboxylic acids is 1. The highest BCUT2D eigenvalue weighted by molar-refractivity contribution is 5.94. The molecule has 3 rings (SSSR count). The van der Waals surface area contributed by atoms with Crippen molar-refractivity contribution in [1.29, 1.82) is 0 Å². The molecule has 1 aromatic heterocycles. The van der Waals surface area contributed by atoms with Crippen LogP contribution in [0.4, 0.5) is 4.39 Å². The molecule has 0 radical (unpaired) electrons. The van der Waals surface area contributed by atoms with Crippen molar-refractivity contribution in [3.63, 3.8) is 0 Å². The van der Waals surface area contributed by atoms with Crippen LogP contribution in [0.1, 0.15) is 28.2 Å². The summed E-state index contributed by atoms with van der Waals surface area (Å²) in [5.74, 6) is -0.423. The van der Waals surface area contributed by atoms with Gasteiger partial charge in [-0.15, -0.1) is 0 Å². The summed E-state index contributed by atoms with van der Waals surface area (Å²) in [6.07, 6.45) is 4.38. The summed E-state index contributed by atoms with van der Waals surface area (Å²) in [7, 11) is 1.47. The average Bonchev–Trinajstić information content (AvgIpc) is 2.88. The zero-order valence-corrected chi connectivity index (χ0v) is 15.1. The van der Waals surface area contributed by atoms with Gasteiger partial charge in [-0.05, 0) is 25.5 Å². The maximum atomic E-state index is 14.2. The lowest BCUT2D eigenvalue weighted by atomic mass is 10.1. The van der Waals surface area contributed by atoms with Crippen molar-refractivity contribution in [2.45, 2.75) is 19.9 Å². The van der Waals surface area contributed by atoms with Crippen LogP contribution in [0.3, 0.4) is 0 Å². The van der Waals surface area contributed by atoms with Crippen LogP contribution in [0.5, 0.6) is 5.75 Å². The van der Waals surface area contributed by atoms with Gasteiger partial charge < -0.3 is 9.64 Å². The number of halogens is 1. The molecule has 1 aromatic carbocycles. The van der Waals surface area contributed by atoms with Crippen molar-refractivity contribution in [3.8, 4) is 5.75 Å². The van der Waals surface area contributed by atoms with Crippen LogP contribution < -0.4 is 4.74 Å². The van der Waals surface area contributed by atoms with Gasteiger partial charge in [0.2, 0.25) is 0 Å². The van der Waals surface area contributed by atoms with E-state index in [1.165, 1.54) is 19.2 Å². The van der Waals surface area contributed by atoms with Crippen molar-refractivity contribution in [1.82, 2.24) is 19.8 Å². The van der Waals surface area contributed by atoms with Crippen molar-refractivity contribution in [2.75, 3.05) is 33.3 Å². The number of nitrogens with zero attached hydrogens (tertiary/aromatic N) is 4. The molecule has 0 bridgehead atoms. The topological polar surface area (TPSA) is 58.6 Å². The molecular formula is C19H23FN4O2. The number of rotatable bonds is 4. The molecule has 2 aromatic rings. The summed E-state index contributed by atoms with van der Waals surface area (Å²) < 4.78 is 19.2. The predicted octanol–water partition coefficient (Wildman–Crippen LogP) is 2.28. The van der Waals surface area contributed by atoms with Crippen molar-refractivity contribution < 1.29 is 13.9 Å². The third-order valence-corrected chi connectivity index (χ3v) is 4.50. The van der Waals surface area contributed by atoms with E-state index in [1.807, 2.05) is 6.92 Å². The summed E-state index contributed by atoms with van der Waals surface area (Å²) in [6.45, 7) is 5.37. The van der Waals surface area contributed by atoms with Crippen LogP contribution in [0.15, 0.2) is 30.6 Å². The fraction of sp³-hybridized carbons (Fsp3) is 0.421. The third kappa shape index (κ3) is 4.35. The van der Waals surface area contributed by atoms with Gasteiger partial charge in [0.25, 0.3) is 5.91 Å². The molecule has 2 heterocycles. The van der Waals surface area contributed by atoms with E-state index in [1.54, 1.807) is 23.4 Å². The maximum Gasteiger partial charge on any atom is 0.256 e. The summed E-state index contributed by atoms with van der Waals surface area (Å²) in [6, 6.07) is 4.34. The van der Waals surface area contributed by atoms with Gasteiger partial charge in [0.05, 0.1) is 24.1 Å². The second kappa shape index (κ2) is 8.23. The van der Waals surface area contributed by atoms with E-state index in [-0.39, 0.29) is 11.5 Å². The minimum Gasteiger partial charge on any atom is -0.497 e. The zero-order chi connectivity index (χ0) is 18.5. The molecule has 0 aliphatic carbocycles. The van der Waals surface area contributed by atoms with Gasteiger partial charge in [-0.25, -0.2) is 4.39 Å². The van der Waals surface area contributed by atoms with Crippen LogP contribution in [0.2, 0.25) is 0 Å². The van der Waals surface area contributed by atoms with Gasteiger partial charge in [-0.2, -0.15) is 0 Å². The first-order valence-corrected chi connectivity index (χ1v) is 8.69. The van der Waals surface area contributed by atoms with Crippen LogP contribution in [-0.2, 0) is 6.54 Å². The van der Waals surface area contributed by atoms with Crippen LogP contribution >= 0.6 is 0 Å². The van der Waals surface area contributed by atoms with Crippen LogP contribution in [0, 0.1) is 12.7 Å². The highest BCUT2D eigenvalue weighted by Gasteiger charge is 2.23. The average molecular weight is 358 g/mol. The smallest absolute Gasteiger partial charge is 0.256 e. The van der Waals surface area contributed by atoms with Crippen molar-refractivity contribution in [3.05, 3.63) is 53.4 Å². The van der Waals surface area contributed by atoms with Gasteiger partial charge in [-0.3, -0.25) is 19.7 Å². The number of benzene rings is 1. The molecule has 1 saturated heterocycles. The van der Waals surface area contributed by atoms with E-state index in [9.17, 15) is 9.18 Å². The van der Waals surface area contributed by atoms with Crippen LogP contribution in [0.25, 0.3) is 0 Å². The van der Waals surface area contributed by atoms with E-state index in [4.69, 9.17) is 4.74 Å². The number of hydrogen-bond acceptors (Lipinski definition) is 5. The second-order valence-corrected chi connectivity index (χ2v) is 6.42. The summed E-state index contributed by atoms with van der Waals surface area (Å²) >= 11 is 0. The Kier molecular flexibility index (Phi) is 5.78. The lowest BCUT2D eigenvalue weighted by molar-refractivity contribution is 0.0756. The number of ether oxygens (including phenoxy) is 1. The fourth-order valence-electron chi connectivity index (χ4n) is 3.03. The first-order valence-electron chi connectivity index (χ1n) is 8.69. The highest BCUT2D eigenvalue weighted by Crippen LogP contribution is 2.19. The van der Waals surface area contributed by atoms with E-state index >= 15 is 0 Å². The number of aryl methyl sites for hydroxylation is 1. The van der Waals surface area contributed by atoms with Crippen molar-refractivity contribution in [2.24, 2.45) is 0 Å². The Morgan fingerprint density at radius 2 is 2.04 bits per heavy atom. The quantitative estimate of drug-likeness (QED) is 0.839. The molecule has 0 atom stereocenters. The molecule has 0 N–H and O–H groups in total. The number of amides is 1. The Morgan fingerprint density at radius 1 is 1.19 bits per heavy atom. The Bertz CT molecular complexity index is 767. The first-order chi connectivity index (χ1) is 12.6. The molecular weight excluding hydrogens is 335 g/mol. The van der Waals surface area contributed by atoms with Crippen molar-refractivity contribution >= 4 is 5.91 Å². The third-order valence-electron chi connectivity index (χ3n) is 4.50. The fourth-order valence-corrected chi connectivity index (χ4v) is 3.03. The number of aromatic nitrogens is 2. The summed E-state index contributed by atoms with van der Waals surface area (Å²) in [5.41, 5.74) is 1.89. The Balaban J connectivity index is 1.62. The molecule has 138 valence electrons. The maximum absolute atomic E-state index is 14.2. The lowest BCUT2D eigenvalue weighted by Gasteiger charge is -2.22. The number of methoxy groups -OCH3 is 1. The zero-order valence-electron chi connectivity index (χ0n) is 15.1. The van der Waals surface area contributed by atoms with Gasteiger partial charge in [0.15, 0.2) is 0 Å². The van der Waals surface area contributed by atoms with E-state index in [0.29, 0.717) is 25.4 Å². The standard InChI is InChI=1S/C19H23FN4O2/c1-14-11-22-15(12-21-14)13-23-6-3-7-24(9-8-23)19(25)17-5-4-16(26-2)10-18(17)20/h4-5,10-12H,3,6-9,13H2,1-2H3. The highest BCUT2D eigenvalue weighted by atomic mass is 19.1. The van der Waals surface area contributed by atoms with Crippen LogP contribution in [-0.4, -0.2) is 59.0 Å². The predicted molar refractivity (Wildman–Crippen MR) is 95.5 cm³/mol. The molecule has 1 fully saturated rings. The van der Waals surface area contributed by atoms with E-state index in [0.717, 1.165) is 30.9 Å². The molecule has 7 heteroatoms. The Labute approximate surface area is 152 Å². The molecule has 26 heavy (non-hydrogen) atoms. The largest absolute Gasteiger partial charge is 0.497 e. The Morgan fingerprint density at radius 3 is 2.73 bits per heavy atom. The monoisotopic (exact) mass is 358 g/mol. The normalized spacial score (nSPS) is 15.6. The SMILES string of the molecule is COc1ccc(C(=O)N2CCCN(Cc3cnc(C)cn3)CC2)c(F)c1. The van der Waals surface area contributed by atoms with Gasteiger partial charge in [-0.1, -0.05) is 0 Å². The molecule has 1 aliphatic heterocycles. The molecule has 0 saturated carbocycles. The second-order valence-electron chi connectivity index (χ2n) is 6.42. The first kappa shape index (κ1) is 18.3. The van der Waals surface area contributed by atoms with Gasteiger partial charge in [0, 0.05) is 51.2 Å². The Hall–Kier alpha value is -2.54. The molecule has 1 amide bonds. The van der Waals surface area contributed by atoms with Gasteiger partial charge >= 0.3 is 0 Å². The minimum atomic E-state index is -0.551. The minimum absolute atomic E-state index is 0.0867. The lowest BCUT2D eigenvalue weighted by Crippen LogP contribution is -2.35. The molecule has 1 aliphatic rings. The summed E-state index contributed by atoms with van der Waals surface area (Å²) in [5, 5.41) is 0. The van der Waals surface area contributed by atoms with E-state index < -0.39 is 5.82 Å². The molecule has 0 spiro atoms. The summed E-state index contributed by atoms with van der Waals surface area (Å²) in [4.78, 5) is 25.3. The van der Waals surface area contributed by atoms with Gasteiger partial charge in [0.1, 0.15) is 11.6 Å². The molecule has 6 nitrogen and oxygen atoms in total. The molecule has 0 unspecified atom stereocenters. The number of carbonyl (C=O) groups is 1.